The number of benzene rings is 1. The Morgan fingerprint density at radius 1 is 1.43 bits per heavy atom. The number of halogens is 1. The van der Waals surface area contributed by atoms with Gasteiger partial charge in [-0.15, -0.1) is 0 Å². The Labute approximate surface area is 123 Å². The van der Waals surface area contributed by atoms with Crippen molar-refractivity contribution in [3.05, 3.63) is 23.5 Å². The molecule has 0 saturated carbocycles. The third-order valence-corrected chi connectivity index (χ3v) is 4.16. The molecule has 0 atom stereocenters. The Bertz CT molecular complexity index is 594. The Morgan fingerprint density at radius 3 is 2.67 bits per heavy atom. The molecule has 0 fully saturated rings. The number of carbonyl (C=O) groups excluding carboxylic acids is 1. The summed E-state index contributed by atoms with van der Waals surface area (Å²) in [7, 11) is -3.78. The van der Waals surface area contributed by atoms with Crippen LogP contribution < -0.4 is 10.5 Å². The second-order valence-corrected chi connectivity index (χ2v) is 6.22. The summed E-state index contributed by atoms with van der Waals surface area (Å²) >= 11 is 0. The largest absolute Gasteiger partial charge is 0.466 e. The number of aryl methyl sites for hydroxylation is 1. The highest BCUT2D eigenvalue weighted by Crippen LogP contribution is 2.20. The van der Waals surface area contributed by atoms with Crippen LogP contribution in [0.5, 0.6) is 0 Å². The van der Waals surface area contributed by atoms with Crippen molar-refractivity contribution in [1.29, 1.82) is 0 Å². The molecule has 0 saturated heterocycles. The van der Waals surface area contributed by atoms with Gasteiger partial charge in [0.15, 0.2) is 0 Å². The van der Waals surface area contributed by atoms with Crippen molar-refractivity contribution in [3.8, 4) is 0 Å². The zero-order chi connectivity index (χ0) is 16.0. The number of hydrogen-bond acceptors (Lipinski definition) is 5. The predicted octanol–water partition coefficient (Wildman–Crippen LogP) is 1.34. The van der Waals surface area contributed by atoms with E-state index in [-0.39, 0.29) is 35.1 Å². The van der Waals surface area contributed by atoms with Crippen molar-refractivity contribution in [2.24, 2.45) is 0 Å². The van der Waals surface area contributed by atoms with Gasteiger partial charge in [0.05, 0.1) is 17.2 Å². The Kier molecular flexibility index (Phi) is 6.10. The summed E-state index contributed by atoms with van der Waals surface area (Å²) in [6, 6.07) is 2.27. The highest BCUT2D eigenvalue weighted by Gasteiger charge is 2.17. The monoisotopic (exact) mass is 318 g/mol. The number of rotatable bonds is 7. The van der Waals surface area contributed by atoms with Crippen molar-refractivity contribution in [3.63, 3.8) is 0 Å². The van der Waals surface area contributed by atoms with Crippen LogP contribution in [0.4, 0.5) is 10.1 Å². The van der Waals surface area contributed by atoms with Gasteiger partial charge in [-0.2, -0.15) is 0 Å². The van der Waals surface area contributed by atoms with Gasteiger partial charge in [-0.1, -0.05) is 0 Å². The maximum atomic E-state index is 13.4. The van der Waals surface area contributed by atoms with Crippen LogP contribution in [0.25, 0.3) is 0 Å². The van der Waals surface area contributed by atoms with E-state index in [4.69, 9.17) is 10.5 Å². The van der Waals surface area contributed by atoms with E-state index in [9.17, 15) is 17.6 Å². The number of ether oxygens (including phenoxy) is 1. The van der Waals surface area contributed by atoms with Crippen LogP contribution in [0.15, 0.2) is 17.0 Å². The molecule has 0 radical (unpaired) electrons. The van der Waals surface area contributed by atoms with Gasteiger partial charge in [0.2, 0.25) is 10.0 Å². The summed E-state index contributed by atoms with van der Waals surface area (Å²) in [5.41, 5.74) is 5.35. The highest BCUT2D eigenvalue weighted by atomic mass is 32.2. The topological polar surface area (TPSA) is 98.5 Å². The first-order valence-electron chi connectivity index (χ1n) is 6.49. The van der Waals surface area contributed by atoms with Gasteiger partial charge in [0.1, 0.15) is 5.82 Å². The number of nitrogen functional groups attached to an aromatic ring is 1. The first kappa shape index (κ1) is 17.4. The molecule has 0 aromatic heterocycles. The lowest BCUT2D eigenvalue weighted by Crippen LogP contribution is -2.25. The van der Waals surface area contributed by atoms with E-state index >= 15 is 0 Å². The Balaban J connectivity index is 2.64. The number of anilines is 1. The first-order chi connectivity index (χ1) is 9.77. The summed E-state index contributed by atoms with van der Waals surface area (Å²) < 4.78 is 44.5. The molecule has 0 aliphatic carbocycles. The molecule has 6 nitrogen and oxygen atoms in total. The van der Waals surface area contributed by atoms with E-state index < -0.39 is 15.8 Å². The van der Waals surface area contributed by atoms with E-state index in [0.717, 1.165) is 6.07 Å². The zero-order valence-electron chi connectivity index (χ0n) is 12.0. The predicted molar refractivity (Wildman–Crippen MR) is 76.6 cm³/mol. The third-order valence-electron chi connectivity index (χ3n) is 2.72. The molecular formula is C13H19FN2O4S. The average molecular weight is 318 g/mol. The van der Waals surface area contributed by atoms with Crippen LogP contribution in [0, 0.1) is 12.7 Å². The van der Waals surface area contributed by atoms with E-state index in [1.54, 1.807) is 6.92 Å². The lowest BCUT2D eigenvalue weighted by atomic mass is 10.2. The molecular weight excluding hydrogens is 299 g/mol. The van der Waals surface area contributed by atoms with Crippen LogP contribution in [-0.2, 0) is 19.6 Å². The summed E-state index contributed by atoms with van der Waals surface area (Å²) in [5.74, 6) is -1.00. The third kappa shape index (κ3) is 4.98. The number of nitrogens with two attached hydrogens (primary N) is 1. The summed E-state index contributed by atoms with van der Waals surface area (Å²) in [6.07, 6.45) is 0.439. The fourth-order valence-corrected chi connectivity index (χ4v) is 2.87. The van der Waals surface area contributed by atoms with Crippen molar-refractivity contribution in [2.75, 3.05) is 18.9 Å². The van der Waals surface area contributed by atoms with Gasteiger partial charge in [0.25, 0.3) is 0 Å². The van der Waals surface area contributed by atoms with E-state index in [2.05, 4.69) is 4.72 Å². The number of esters is 1. The molecule has 118 valence electrons. The number of sulfonamides is 1. The summed E-state index contributed by atoms with van der Waals surface area (Å²) in [4.78, 5) is 11.0. The molecule has 0 heterocycles. The SMILES string of the molecule is CCOC(=O)CCCNS(=O)(=O)c1cc(C)c(F)c(N)c1. The molecule has 1 rings (SSSR count). The fraction of sp³-hybridized carbons (Fsp3) is 0.462. The fourth-order valence-electron chi connectivity index (χ4n) is 1.67. The Hall–Kier alpha value is -1.67. The van der Waals surface area contributed by atoms with Gasteiger partial charge in [-0.25, -0.2) is 17.5 Å². The summed E-state index contributed by atoms with van der Waals surface area (Å²) in [5, 5.41) is 0. The number of carbonyl (C=O) groups is 1. The quantitative estimate of drug-likeness (QED) is 0.449. The molecule has 0 aliphatic rings. The smallest absolute Gasteiger partial charge is 0.305 e. The maximum Gasteiger partial charge on any atom is 0.305 e. The van der Waals surface area contributed by atoms with Gasteiger partial charge in [-0.05, 0) is 38.0 Å². The van der Waals surface area contributed by atoms with Gasteiger partial charge in [0, 0.05) is 13.0 Å². The summed E-state index contributed by atoms with van der Waals surface area (Å²) in [6.45, 7) is 3.50. The van der Waals surface area contributed by atoms with Crippen molar-refractivity contribution in [2.45, 2.75) is 31.6 Å². The van der Waals surface area contributed by atoms with Gasteiger partial charge in [-0.3, -0.25) is 4.79 Å². The molecule has 3 N–H and O–H groups in total. The Morgan fingerprint density at radius 2 is 2.10 bits per heavy atom. The van der Waals surface area contributed by atoms with Crippen LogP contribution >= 0.6 is 0 Å². The number of hydrogen-bond donors (Lipinski definition) is 2. The molecule has 8 heteroatoms. The normalized spacial score (nSPS) is 11.4. The molecule has 0 spiro atoms. The molecule has 0 amide bonds. The average Bonchev–Trinajstić information content (AvgIpc) is 2.40. The molecule has 21 heavy (non-hydrogen) atoms. The van der Waals surface area contributed by atoms with Crippen molar-refractivity contribution in [1.82, 2.24) is 4.72 Å². The molecule has 0 bridgehead atoms. The maximum absolute atomic E-state index is 13.4. The minimum absolute atomic E-state index is 0.0808. The molecule has 1 aromatic carbocycles. The molecule has 0 unspecified atom stereocenters. The lowest BCUT2D eigenvalue weighted by Gasteiger charge is -2.09. The minimum atomic E-state index is -3.78. The molecule has 1 aromatic rings. The highest BCUT2D eigenvalue weighted by molar-refractivity contribution is 7.89. The van der Waals surface area contributed by atoms with E-state index in [1.807, 2.05) is 0 Å². The van der Waals surface area contributed by atoms with Crippen LogP contribution in [0.3, 0.4) is 0 Å². The van der Waals surface area contributed by atoms with E-state index in [0.29, 0.717) is 13.0 Å². The minimum Gasteiger partial charge on any atom is -0.466 e. The van der Waals surface area contributed by atoms with Crippen LogP contribution in [0.2, 0.25) is 0 Å². The van der Waals surface area contributed by atoms with Gasteiger partial charge < -0.3 is 10.5 Å². The lowest BCUT2D eigenvalue weighted by molar-refractivity contribution is -0.143. The molecule has 0 aliphatic heterocycles. The first-order valence-corrected chi connectivity index (χ1v) is 7.97. The van der Waals surface area contributed by atoms with E-state index in [1.165, 1.54) is 13.0 Å². The number of nitrogens with one attached hydrogen (secondary N) is 1. The second-order valence-electron chi connectivity index (χ2n) is 4.45. The second kappa shape index (κ2) is 7.37. The van der Waals surface area contributed by atoms with Crippen molar-refractivity contribution >= 4 is 21.7 Å². The van der Waals surface area contributed by atoms with Crippen LogP contribution in [-0.4, -0.2) is 27.5 Å². The zero-order valence-corrected chi connectivity index (χ0v) is 12.8. The van der Waals surface area contributed by atoms with Gasteiger partial charge >= 0.3 is 5.97 Å². The van der Waals surface area contributed by atoms with Crippen LogP contribution in [0.1, 0.15) is 25.3 Å². The standard InChI is InChI=1S/C13H19FN2O4S/c1-3-20-12(17)5-4-6-16-21(18,19)10-7-9(2)13(14)11(15)8-10/h7-8,16H,3-6,15H2,1-2H3. The van der Waals surface area contributed by atoms with Crippen molar-refractivity contribution < 1.29 is 22.3 Å².